The van der Waals surface area contributed by atoms with Gasteiger partial charge in [0, 0.05) is 30.3 Å². The molecule has 1 fully saturated rings. The second kappa shape index (κ2) is 11.2. The number of thioether (sulfide) groups is 1. The minimum Gasteiger partial charge on any atom is -0.357 e. The second-order valence-corrected chi connectivity index (χ2v) is 6.25. The van der Waals surface area contributed by atoms with Gasteiger partial charge in [-0.1, -0.05) is 31.0 Å². The third-order valence-corrected chi connectivity index (χ3v) is 4.27. The van der Waals surface area contributed by atoms with Crippen LogP contribution in [0.3, 0.4) is 0 Å². The number of hydrogen-bond acceptors (Lipinski definition) is 2. The number of halogens is 1. The molecule has 0 aliphatic heterocycles. The Balaban J connectivity index is 0.00000220. The lowest BCUT2D eigenvalue weighted by molar-refractivity contribution is 0.728. The highest BCUT2D eigenvalue weighted by atomic mass is 127. The predicted molar refractivity (Wildman–Crippen MR) is 104 cm³/mol. The van der Waals surface area contributed by atoms with Crippen molar-refractivity contribution in [1.82, 2.24) is 10.6 Å². The molecule has 3 nitrogen and oxygen atoms in total. The summed E-state index contributed by atoms with van der Waals surface area (Å²) in [5, 5.41) is 6.71. The van der Waals surface area contributed by atoms with E-state index in [-0.39, 0.29) is 24.0 Å². The minimum absolute atomic E-state index is 0. The van der Waals surface area contributed by atoms with E-state index in [2.05, 4.69) is 52.9 Å². The van der Waals surface area contributed by atoms with E-state index < -0.39 is 0 Å². The molecule has 0 amide bonds. The first-order valence-corrected chi connectivity index (χ1v) is 8.57. The lowest BCUT2D eigenvalue weighted by atomic mass is 10.3. The van der Waals surface area contributed by atoms with Gasteiger partial charge in [-0.05, 0) is 31.4 Å². The van der Waals surface area contributed by atoms with Crippen molar-refractivity contribution in [2.45, 2.75) is 31.1 Å². The van der Waals surface area contributed by atoms with Gasteiger partial charge in [0.1, 0.15) is 0 Å². The topological polar surface area (TPSA) is 36.4 Å². The SMILES string of the molecule is CCNC(=NCCC1CC1)NCCSc1ccccc1.I. The summed E-state index contributed by atoms with van der Waals surface area (Å²) in [5.41, 5.74) is 0. The molecule has 0 saturated heterocycles. The normalized spacial score (nSPS) is 14.4. The summed E-state index contributed by atoms with van der Waals surface area (Å²) in [4.78, 5) is 5.95. The molecule has 118 valence electrons. The fraction of sp³-hybridized carbons (Fsp3) is 0.562. The maximum absolute atomic E-state index is 4.62. The third-order valence-electron chi connectivity index (χ3n) is 3.25. The summed E-state index contributed by atoms with van der Waals surface area (Å²) in [6.07, 6.45) is 4.07. The summed E-state index contributed by atoms with van der Waals surface area (Å²) >= 11 is 1.87. The van der Waals surface area contributed by atoms with Crippen LogP contribution in [-0.4, -0.2) is 31.3 Å². The molecule has 2 N–H and O–H groups in total. The Morgan fingerprint density at radius 3 is 2.67 bits per heavy atom. The van der Waals surface area contributed by atoms with E-state index >= 15 is 0 Å². The van der Waals surface area contributed by atoms with E-state index in [1.807, 2.05) is 11.8 Å². The molecule has 2 rings (SSSR count). The van der Waals surface area contributed by atoms with Gasteiger partial charge < -0.3 is 10.6 Å². The standard InChI is InChI=1S/C16H25N3S.HI/c1-2-17-16(18-11-10-14-8-9-14)19-12-13-20-15-6-4-3-5-7-15;/h3-7,14H,2,8-13H2,1H3,(H2,17,18,19);1H. The highest BCUT2D eigenvalue weighted by Crippen LogP contribution is 2.32. The molecule has 0 heterocycles. The van der Waals surface area contributed by atoms with Crippen LogP contribution in [-0.2, 0) is 0 Å². The monoisotopic (exact) mass is 419 g/mol. The van der Waals surface area contributed by atoms with Crippen molar-refractivity contribution in [2.24, 2.45) is 10.9 Å². The maximum atomic E-state index is 4.62. The Morgan fingerprint density at radius 1 is 1.24 bits per heavy atom. The number of benzene rings is 1. The van der Waals surface area contributed by atoms with Crippen LogP contribution in [0.1, 0.15) is 26.2 Å². The predicted octanol–water partition coefficient (Wildman–Crippen LogP) is 3.75. The van der Waals surface area contributed by atoms with E-state index in [4.69, 9.17) is 0 Å². The van der Waals surface area contributed by atoms with Gasteiger partial charge in [0.2, 0.25) is 0 Å². The van der Waals surface area contributed by atoms with Gasteiger partial charge in [0.25, 0.3) is 0 Å². The first-order valence-electron chi connectivity index (χ1n) is 7.58. The summed E-state index contributed by atoms with van der Waals surface area (Å²) in [5.74, 6) is 2.97. The van der Waals surface area contributed by atoms with Crippen LogP contribution >= 0.6 is 35.7 Å². The van der Waals surface area contributed by atoms with Crippen molar-refractivity contribution in [3.8, 4) is 0 Å². The van der Waals surface area contributed by atoms with E-state index in [9.17, 15) is 0 Å². The van der Waals surface area contributed by atoms with Crippen LogP contribution in [0, 0.1) is 5.92 Å². The van der Waals surface area contributed by atoms with Crippen LogP contribution in [0.5, 0.6) is 0 Å². The Kier molecular flexibility index (Phi) is 9.91. The molecule has 1 aromatic rings. The summed E-state index contributed by atoms with van der Waals surface area (Å²) in [6, 6.07) is 10.5. The molecule has 0 bridgehead atoms. The summed E-state index contributed by atoms with van der Waals surface area (Å²) in [7, 11) is 0. The van der Waals surface area contributed by atoms with Crippen molar-refractivity contribution in [2.75, 3.05) is 25.4 Å². The maximum Gasteiger partial charge on any atom is 0.191 e. The van der Waals surface area contributed by atoms with Crippen LogP contribution in [0.4, 0.5) is 0 Å². The summed E-state index contributed by atoms with van der Waals surface area (Å²) < 4.78 is 0. The molecule has 0 radical (unpaired) electrons. The largest absolute Gasteiger partial charge is 0.357 e. The number of aliphatic imine (C=N–C) groups is 1. The van der Waals surface area contributed by atoms with Crippen LogP contribution < -0.4 is 10.6 Å². The van der Waals surface area contributed by atoms with E-state index in [0.29, 0.717) is 0 Å². The zero-order valence-electron chi connectivity index (χ0n) is 12.7. The molecule has 1 aromatic carbocycles. The first-order chi connectivity index (χ1) is 9.88. The van der Waals surface area contributed by atoms with E-state index in [1.165, 1.54) is 24.2 Å². The lowest BCUT2D eigenvalue weighted by Crippen LogP contribution is -2.38. The average Bonchev–Trinajstić information content (AvgIpc) is 3.29. The molecule has 0 atom stereocenters. The van der Waals surface area contributed by atoms with Crippen molar-refractivity contribution in [1.29, 1.82) is 0 Å². The molecule has 0 unspecified atom stereocenters. The zero-order chi connectivity index (χ0) is 14.0. The number of rotatable bonds is 8. The minimum atomic E-state index is 0. The van der Waals surface area contributed by atoms with Gasteiger partial charge >= 0.3 is 0 Å². The number of nitrogens with zero attached hydrogens (tertiary/aromatic N) is 1. The fourth-order valence-corrected chi connectivity index (χ4v) is 2.75. The van der Waals surface area contributed by atoms with Gasteiger partial charge in [-0.25, -0.2) is 0 Å². The van der Waals surface area contributed by atoms with Gasteiger partial charge in [-0.15, -0.1) is 35.7 Å². The van der Waals surface area contributed by atoms with E-state index in [0.717, 1.165) is 37.3 Å². The quantitative estimate of drug-likeness (QED) is 0.222. The number of guanidine groups is 1. The van der Waals surface area contributed by atoms with Gasteiger partial charge in [0.05, 0.1) is 0 Å². The molecule has 1 aliphatic rings. The van der Waals surface area contributed by atoms with Gasteiger partial charge in [-0.3, -0.25) is 4.99 Å². The molecular weight excluding hydrogens is 393 g/mol. The van der Waals surface area contributed by atoms with E-state index in [1.54, 1.807) is 0 Å². The van der Waals surface area contributed by atoms with Crippen molar-refractivity contribution >= 4 is 41.7 Å². The van der Waals surface area contributed by atoms with Crippen molar-refractivity contribution in [3.05, 3.63) is 30.3 Å². The Morgan fingerprint density at radius 2 is 2.00 bits per heavy atom. The summed E-state index contributed by atoms with van der Waals surface area (Å²) in [6.45, 7) is 4.92. The zero-order valence-corrected chi connectivity index (χ0v) is 15.8. The lowest BCUT2D eigenvalue weighted by Gasteiger charge is -2.11. The smallest absolute Gasteiger partial charge is 0.191 e. The molecular formula is C16H26IN3S. The van der Waals surface area contributed by atoms with Crippen LogP contribution in [0.15, 0.2) is 40.2 Å². The third kappa shape index (κ3) is 8.56. The number of nitrogens with one attached hydrogen (secondary N) is 2. The Hall–Kier alpha value is -0.430. The van der Waals surface area contributed by atoms with Gasteiger partial charge in [-0.2, -0.15) is 0 Å². The van der Waals surface area contributed by atoms with Crippen LogP contribution in [0.25, 0.3) is 0 Å². The highest BCUT2D eigenvalue weighted by molar-refractivity contribution is 14.0. The van der Waals surface area contributed by atoms with Crippen LogP contribution in [0.2, 0.25) is 0 Å². The fourth-order valence-electron chi connectivity index (χ4n) is 1.96. The molecule has 0 aromatic heterocycles. The number of hydrogen-bond donors (Lipinski definition) is 2. The molecule has 21 heavy (non-hydrogen) atoms. The molecule has 5 heteroatoms. The highest BCUT2D eigenvalue weighted by Gasteiger charge is 2.20. The average molecular weight is 419 g/mol. The Bertz CT molecular complexity index is 407. The Labute approximate surface area is 149 Å². The van der Waals surface area contributed by atoms with Gasteiger partial charge in [0.15, 0.2) is 5.96 Å². The second-order valence-electron chi connectivity index (χ2n) is 5.08. The molecule has 1 saturated carbocycles. The molecule has 1 aliphatic carbocycles. The van der Waals surface area contributed by atoms with Crippen molar-refractivity contribution in [3.63, 3.8) is 0 Å². The van der Waals surface area contributed by atoms with Crippen molar-refractivity contribution < 1.29 is 0 Å². The molecule has 0 spiro atoms. The first kappa shape index (κ1) is 18.6.